The summed E-state index contributed by atoms with van der Waals surface area (Å²) < 4.78 is 7.53. The average molecular weight is 387 g/mol. The van der Waals surface area contributed by atoms with Gasteiger partial charge >= 0.3 is 0 Å². The molecule has 0 spiro atoms. The Kier molecular flexibility index (Phi) is 5.13. The molecule has 0 saturated carbocycles. The Labute approximate surface area is 169 Å². The summed E-state index contributed by atoms with van der Waals surface area (Å²) >= 11 is 1.65. The molecule has 0 aliphatic carbocycles. The van der Waals surface area contributed by atoms with E-state index in [1.165, 1.54) is 11.1 Å². The van der Waals surface area contributed by atoms with Crippen LogP contribution in [0.2, 0.25) is 0 Å². The van der Waals surface area contributed by atoms with Gasteiger partial charge in [0.15, 0.2) is 4.80 Å². The zero-order chi connectivity index (χ0) is 19.5. The maximum Gasteiger partial charge on any atom is 0.195 e. The van der Waals surface area contributed by atoms with Gasteiger partial charge in [-0.25, -0.2) is 4.99 Å². The quantitative estimate of drug-likeness (QED) is 0.418. The number of thiazole rings is 1. The first-order chi connectivity index (χ1) is 13.6. The fraction of sp³-hybridized carbons (Fsp3) is 0.125. The number of aromatic nitrogens is 1. The highest BCUT2D eigenvalue weighted by atomic mass is 32.1. The van der Waals surface area contributed by atoms with Crippen molar-refractivity contribution in [1.82, 2.24) is 4.57 Å². The Balaban J connectivity index is 1.93. The molecular weight excluding hydrogens is 364 g/mol. The second-order valence-corrected chi connectivity index (χ2v) is 7.59. The van der Waals surface area contributed by atoms with Crippen molar-refractivity contribution in [1.29, 1.82) is 0 Å². The van der Waals surface area contributed by atoms with E-state index in [4.69, 9.17) is 9.73 Å². The molecule has 0 atom stereocenters. The monoisotopic (exact) mass is 386 g/mol. The Morgan fingerprint density at radius 2 is 1.57 bits per heavy atom. The van der Waals surface area contributed by atoms with E-state index < -0.39 is 0 Å². The summed E-state index contributed by atoms with van der Waals surface area (Å²) in [7, 11) is 1.69. The average Bonchev–Trinajstić information content (AvgIpc) is 3.11. The molecule has 3 nitrogen and oxygen atoms in total. The normalized spacial score (nSPS) is 11.6. The van der Waals surface area contributed by atoms with Crippen molar-refractivity contribution in [2.75, 3.05) is 7.11 Å². The fourth-order valence-electron chi connectivity index (χ4n) is 3.18. The Bertz CT molecular complexity index is 1170. The van der Waals surface area contributed by atoms with Gasteiger partial charge in [0.05, 0.1) is 18.5 Å². The van der Waals surface area contributed by atoms with Crippen molar-refractivity contribution in [2.45, 2.75) is 13.8 Å². The van der Waals surface area contributed by atoms with Crippen LogP contribution >= 0.6 is 11.3 Å². The van der Waals surface area contributed by atoms with E-state index in [0.29, 0.717) is 0 Å². The molecule has 28 heavy (non-hydrogen) atoms. The minimum absolute atomic E-state index is 0.853. The van der Waals surface area contributed by atoms with Crippen molar-refractivity contribution in [3.05, 3.63) is 94.1 Å². The molecule has 1 heterocycles. The molecule has 4 heteroatoms. The van der Waals surface area contributed by atoms with Crippen LogP contribution in [0, 0.1) is 13.8 Å². The summed E-state index contributed by atoms with van der Waals surface area (Å²) in [6, 6.07) is 25.0. The highest BCUT2D eigenvalue weighted by Gasteiger charge is 2.11. The van der Waals surface area contributed by atoms with Crippen molar-refractivity contribution < 1.29 is 4.74 Å². The Morgan fingerprint density at radius 3 is 2.25 bits per heavy atom. The van der Waals surface area contributed by atoms with Gasteiger partial charge in [-0.15, -0.1) is 11.3 Å². The summed E-state index contributed by atoms with van der Waals surface area (Å²) in [5.41, 5.74) is 6.74. The second-order valence-electron chi connectivity index (χ2n) is 6.76. The largest absolute Gasteiger partial charge is 0.497 e. The lowest BCUT2D eigenvalue weighted by Crippen LogP contribution is -2.13. The van der Waals surface area contributed by atoms with Crippen LogP contribution in [0.4, 0.5) is 5.69 Å². The number of nitrogens with zero attached hydrogens (tertiary/aromatic N) is 2. The summed E-state index contributed by atoms with van der Waals surface area (Å²) in [6.07, 6.45) is 0. The number of aryl methyl sites for hydroxylation is 2. The summed E-state index contributed by atoms with van der Waals surface area (Å²) in [5, 5.41) is 2.17. The molecule has 0 aliphatic rings. The predicted molar refractivity (Wildman–Crippen MR) is 117 cm³/mol. The minimum atomic E-state index is 0.853. The first kappa shape index (κ1) is 18.3. The molecule has 0 radical (unpaired) electrons. The van der Waals surface area contributed by atoms with Crippen LogP contribution in [0.5, 0.6) is 5.75 Å². The zero-order valence-electron chi connectivity index (χ0n) is 16.2. The molecule has 4 rings (SSSR count). The molecule has 0 N–H and O–H groups in total. The maximum atomic E-state index is 5.31. The lowest BCUT2D eigenvalue weighted by Gasteiger charge is -2.11. The van der Waals surface area contributed by atoms with Gasteiger partial charge in [-0.3, -0.25) is 4.57 Å². The van der Waals surface area contributed by atoms with E-state index in [1.807, 2.05) is 24.3 Å². The molecule has 0 amide bonds. The molecule has 0 bridgehead atoms. The molecular formula is C24H22N2OS. The van der Waals surface area contributed by atoms with Crippen LogP contribution in [-0.4, -0.2) is 11.7 Å². The van der Waals surface area contributed by atoms with Crippen LogP contribution in [0.25, 0.3) is 16.9 Å². The van der Waals surface area contributed by atoms with E-state index in [1.54, 1.807) is 18.4 Å². The number of hydrogen-bond donors (Lipinski definition) is 0. The maximum absolute atomic E-state index is 5.31. The Morgan fingerprint density at radius 1 is 0.857 bits per heavy atom. The van der Waals surface area contributed by atoms with E-state index in [2.05, 4.69) is 72.3 Å². The minimum Gasteiger partial charge on any atom is -0.497 e. The van der Waals surface area contributed by atoms with Crippen molar-refractivity contribution in [3.63, 3.8) is 0 Å². The molecule has 1 aromatic heterocycles. The van der Waals surface area contributed by atoms with E-state index >= 15 is 0 Å². The SMILES string of the molecule is COc1ccc(-c2csc(=Nc3cccc(C)c3)n2-c2cccc(C)c2)cc1. The topological polar surface area (TPSA) is 26.5 Å². The van der Waals surface area contributed by atoms with E-state index in [-0.39, 0.29) is 0 Å². The molecule has 4 aromatic rings. The van der Waals surface area contributed by atoms with Gasteiger partial charge in [0, 0.05) is 11.1 Å². The highest BCUT2D eigenvalue weighted by Crippen LogP contribution is 2.26. The smallest absolute Gasteiger partial charge is 0.195 e. The van der Waals surface area contributed by atoms with Crippen LogP contribution in [0.15, 0.2) is 83.2 Å². The number of hydrogen-bond acceptors (Lipinski definition) is 3. The first-order valence-electron chi connectivity index (χ1n) is 9.17. The number of methoxy groups -OCH3 is 1. The molecule has 0 saturated heterocycles. The second kappa shape index (κ2) is 7.87. The molecule has 0 aliphatic heterocycles. The summed E-state index contributed by atoms with van der Waals surface area (Å²) in [4.78, 5) is 5.89. The standard InChI is InChI=1S/C24H22N2OS/c1-17-6-4-8-20(14-17)25-24-26(21-9-5-7-18(2)15-21)23(16-28-24)19-10-12-22(27-3)13-11-19/h4-16H,1-3H3. The number of ether oxygens (including phenoxy) is 1. The first-order valence-corrected chi connectivity index (χ1v) is 10.1. The van der Waals surface area contributed by atoms with E-state index in [9.17, 15) is 0 Å². The number of rotatable bonds is 4. The Hall–Kier alpha value is -3.11. The third-order valence-electron chi connectivity index (χ3n) is 4.58. The van der Waals surface area contributed by atoms with Gasteiger partial charge < -0.3 is 4.74 Å². The number of benzene rings is 3. The van der Waals surface area contributed by atoms with Gasteiger partial charge in [-0.2, -0.15) is 0 Å². The molecule has 140 valence electrons. The lowest BCUT2D eigenvalue weighted by atomic mass is 10.1. The highest BCUT2D eigenvalue weighted by molar-refractivity contribution is 7.07. The zero-order valence-corrected chi connectivity index (χ0v) is 17.0. The van der Waals surface area contributed by atoms with Crippen LogP contribution in [0.1, 0.15) is 11.1 Å². The van der Waals surface area contributed by atoms with Crippen molar-refractivity contribution >= 4 is 17.0 Å². The van der Waals surface area contributed by atoms with Crippen LogP contribution in [0.3, 0.4) is 0 Å². The summed E-state index contributed by atoms with van der Waals surface area (Å²) in [5.74, 6) is 0.853. The lowest BCUT2D eigenvalue weighted by molar-refractivity contribution is 0.415. The van der Waals surface area contributed by atoms with Gasteiger partial charge in [0.1, 0.15) is 5.75 Å². The molecule has 3 aromatic carbocycles. The molecule has 0 unspecified atom stereocenters. The van der Waals surface area contributed by atoms with Crippen LogP contribution in [-0.2, 0) is 0 Å². The van der Waals surface area contributed by atoms with Gasteiger partial charge in [-0.1, -0.05) is 24.3 Å². The third kappa shape index (κ3) is 3.78. The van der Waals surface area contributed by atoms with Gasteiger partial charge in [0.2, 0.25) is 0 Å². The summed E-state index contributed by atoms with van der Waals surface area (Å²) in [6.45, 7) is 4.20. The van der Waals surface area contributed by atoms with Gasteiger partial charge in [-0.05, 0) is 79.1 Å². The van der Waals surface area contributed by atoms with E-state index in [0.717, 1.165) is 33.2 Å². The van der Waals surface area contributed by atoms with Crippen molar-refractivity contribution in [2.24, 2.45) is 4.99 Å². The van der Waals surface area contributed by atoms with Gasteiger partial charge in [0.25, 0.3) is 0 Å². The fourth-order valence-corrected chi connectivity index (χ4v) is 4.10. The predicted octanol–water partition coefficient (Wildman–Crippen LogP) is 6.06. The third-order valence-corrected chi connectivity index (χ3v) is 5.41. The van der Waals surface area contributed by atoms with Crippen molar-refractivity contribution in [3.8, 4) is 22.7 Å². The molecule has 0 fully saturated rings. The van der Waals surface area contributed by atoms with Crippen LogP contribution < -0.4 is 9.54 Å².